The third kappa shape index (κ3) is 1.56. The Labute approximate surface area is 90.3 Å². The lowest BCUT2D eigenvalue weighted by molar-refractivity contribution is 0.0697. The van der Waals surface area contributed by atoms with Crippen molar-refractivity contribution in [3.8, 4) is 11.3 Å². The molecule has 0 unspecified atom stereocenters. The minimum Gasteiger partial charge on any atom is -0.477 e. The van der Waals surface area contributed by atoms with Crippen molar-refractivity contribution < 1.29 is 18.8 Å². The largest absolute Gasteiger partial charge is 0.477 e. The van der Waals surface area contributed by atoms with E-state index in [1.807, 2.05) is 0 Å². The van der Waals surface area contributed by atoms with Crippen molar-refractivity contribution in [3.05, 3.63) is 41.3 Å². The van der Waals surface area contributed by atoms with Gasteiger partial charge in [0.25, 0.3) is 0 Å². The average molecular weight is 221 g/mol. The Morgan fingerprint density at radius 2 is 2.25 bits per heavy atom. The standard InChI is InChI=1S/C11H8FNO3/c1-6-7(3-2-4-9(6)12)10-8(11(14)15)5-13-16-10/h2-5H,1H3,(H,14,15). The van der Waals surface area contributed by atoms with Crippen molar-refractivity contribution in [2.75, 3.05) is 0 Å². The molecular formula is C11H8FNO3. The molecule has 0 radical (unpaired) electrons. The third-order valence-electron chi connectivity index (χ3n) is 2.31. The number of nitrogens with zero attached hydrogens (tertiary/aromatic N) is 1. The van der Waals surface area contributed by atoms with E-state index >= 15 is 0 Å². The van der Waals surface area contributed by atoms with Gasteiger partial charge in [-0.05, 0) is 18.6 Å². The van der Waals surface area contributed by atoms with Crippen LogP contribution in [0.4, 0.5) is 4.39 Å². The predicted octanol–water partition coefficient (Wildman–Crippen LogP) is 2.49. The number of hydrogen-bond donors (Lipinski definition) is 1. The van der Waals surface area contributed by atoms with Gasteiger partial charge in [-0.15, -0.1) is 0 Å². The zero-order valence-electron chi connectivity index (χ0n) is 8.40. The van der Waals surface area contributed by atoms with Gasteiger partial charge in [0.15, 0.2) is 5.76 Å². The highest BCUT2D eigenvalue weighted by Crippen LogP contribution is 2.27. The van der Waals surface area contributed by atoms with Crippen LogP contribution in [0.5, 0.6) is 0 Å². The van der Waals surface area contributed by atoms with Gasteiger partial charge in [0.05, 0.1) is 6.20 Å². The molecule has 82 valence electrons. The van der Waals surface area contributed by atoms with Gasteiger partial charge in [0.2, 0.25) is 0 Å². The molecule has 1 N–H and O–H groups in total. The number of carboxylic acid groups (broad SMARTS) is 1. The average Bonchev–Trinajstić information content (AvgIpc) is 2.70. The minimum absolute atomic E-state index is 0.0736. The summed E-state index contributed by atoms with van der Waals surface area (Å²) in [5.74, 6) is -1.49. The van der Waals surface area contributed by atoms with Crippen LogP contribution < -0.4 is 0 Å². The quantitative estimate of drug-likeness (QED) is 0.846. The van der Waals surface area contributed by atoms with Gasteiger partial charge in [-0.2, -0.15) is 0 Å². The lowest BCUT2D eigenvalue weighted by Crippen LogP contribution is -1.97. The van der Waals surface area contributed by atoms with Crippen LogP contribution >= 0.6 is 0 Å². The zero-order chi connectivity index (χ0) is 11.7. The SMILES string of the molecule is Cc1c(F)cccc1-c1oncc1C(=O)O. The van der Waals surface area contributed by atoms with E-state index in [1.165, 1.54) is 12.1 Å². The van der Waals surface area contributed by atoms with E-state index in [1.54, 1.807) is 13.0 Å². The fourth-order valence-corrected chi connectivity index (χ4v) is 1.44. The maximum Gasteiger partial charge on any atom is 0.341 e. The minimum atomic E-state index is -1.15. The number of rotatable bonds is 2. The van der Waals surface area contributed by atoms with Crippen molar-refractivity contribution in [3.63, 3.8) is 0 Å². The van der Waals surface area contributed by atoms with Gasteiger partial charge in [-0.25, -0.2) is 9.18 Å². The molecule has 2 rings (SSSR count). The first-order valence-electron chi connectivity index (χ1n) is 4.54. The van der Waals surface area contributed by atoms with Gasteiger partial charge in [0.1, 0.15) is 11.4 Å². The molecular weight excluding hydrogens is 213 g/mol. The lowest BCUT2D eigenvalue weighted by Gasteiger charge is -2.03. The normalized spacial score (nSPS) is 10.4. The number of carbonyl (C=O) groups is 1. The summed E-state index contributed by atoms with van der Waals surface area (Å²) in [5.41, 5.74) is 0.658. The van der Waals surface area contributed by atoms with Gasteiger partial charge < -0.3 is 9.63 Å². The van der Waals surface area contributed by atoms with Crippen LogP contribution in [0.3, 0.4) is 0 Å². The van der Waals surface area contributed by atoms with Gasteiger partial charge in [0, 0.05) is 5.56 Å². The van der Waals surface area contributed by atoms with Crippen LogP contribution in [0.2, 0.25) is 0 Å². The van der Waals surface area contributed by atoms with E-state index in [9.17, 15) is 9.18 Å². The first-order valence-corrected chi connectivity index (χ1v) is 4.54. The molecule has 0 bridgehead atoms. The molecule has 0 spiro atoms. The topological polar surface area (TPSA) is 63.3 Å². The number of hydrogen-bond acceptors (Lipinski definition) is 3. The summed E-state index contributed by atoms with van der Waals surface area (Å²) >= 11 is 0. The smallest absolute Gasteiger partial charge is 0.341 e. The fraction of sp³-hybridized carbons (Fsp3) is 0.0909. The maximum atomic E-state index is 13.3. The molecule has 5 heteroatoms. The predicted molar refractivity (Wildman–Crippen MR) is 53.6 cm³/mol. The second-order valence-corrected chi connectivity index (χ2v) is 3.29. The summed E-state index contributed by atoms with van der Waals surface area (Å²) in [4.78, 5) is 10.9. The van der Waals surface area contributed by atoms with Gasteiger partial charge in [-0.3, -0.25) is 0 Å². The number of aromatic nitrogens is 1. The number of aromatic carboxylic acids is 1. The van der Waals surface area contributed by atoms with E-state index in [4.69, 9.17) is 9.63 Å². The second-order valence-electron chi connectivity index (χ2n) is 3.29. The Morgan fingerprint density at radius 1 is 1.50 bits per heavy atom. The van der Waals surface area contributed by atoms with E-state index in [0.717, 1.165) is 6.20 Å². The molecule has 0 fully saturated rings. The lowest BCUT2D eigenvalue weighted by atomic mass is 10.0. The van der Waals surface area contributed by atoms with Crippen molar-refractivity contribution in [1.82, 2.24) is 5.16 Å². The summed E-state index contributed by atoms with van der Waals surface area (Å²) in [6.07, 6.45) is 1.10. The molecule has 0 saturated carbocycles. The molecule has 0 amide bonds. The molecule has 0 atom stereocenters. The van der Waals surface area contributed by atoms with Crippen LogP contribution in [0, 0.1) is 12.7 Å². The monoisotopic (exact) mass is 221 g/mol. The second kappa shape index (κ2) is 3.77. The van der Waals surface area contributed by atoms with E-state index in [0.29, 0.717) is 11.1 Å². The van der Waals surface area contributed by atoms with Crippen molar-refractivity contribution in [2.45, 2.75) is 6.92 Å². The molecule has 0 saturated heterocycles. The van der Waals surface area contributed by atoms with Gasteiger partial charge >= 0.3 is 5.97 Å². The molecule has 0 aliphatic carbocycles. The Bertz CT molecular complexity index is 548. The molecule has 4 nitrogen and oxygen atoms in total. The molecule has 1 aromatic heterocycles. The zero-order valence-corrected chi connectivity index (χ0v) is 8.40. The van der Waals surface area contributed by atoms with E-state index in [-0.39, 0.29) is 11.3 Å². The van der Waals surface area contributed by atoms with Crippen molar-refractivity contribution in [1.29, 1.82) is 0 Å². The van der Waals surface area contributed by atoms with Crippen molar-refractivity contribution in [2.24, 2.45) is 0 Å². The van der Waals surface area contributed by atoms with Crippen LogP contribution in [0.1, 0.15) is 15.9 Å². The highest BCUT2D eigenvalue weighted by atomic mass is 19.1. The maximum absolute atomic E-state index is 13.3. The Morgan fingerprint density at radius 3 is 2.94 bits per heavy atom. The summed E-state index contributed by atoms with van der Waals surface area (Å²) < 4.78 is 18.1. The summed E-state index contributed by atoms with van der Waals surface area (Å²) in [6, 6.07) is 4.38. The van der Waals surface area contributed by atoms with Crippen LogP contribution in [0.15, 0.2) is 28.9 Å². The third-order valence-corrected chi connectivity index (χ3v) is 2.31. The molecule has 1 aromatic carbocycles. The number of carboxylic acids is 1. The van der Waals surface area contributed by atoms with Crippen LogP contribution in [0.25, 0.3) is 11.3 Å². The van der Waals surface area contributed by atoms with Gasteiger partial charge in [-0.1, -0.05) is 17.3 Å². The fourth-order valence-electron chi connectivity index (χ4n) is 1.44. The number of benzene rings is 1. The van der Waals surface area contributed by atoms with Crippen LogP contribution in [-0.4, -0.2) is 16.2 Å². The summed E-state index contributed by atoms with van der Waals surface area (Å²) in [7, 11) is 0. The number of halogens is 1. The molecule has 0 aliphatic heterocycles. The Balaban J connectivity index is 2.63. The van der Waals surface area contributed by atoms with Crippen molar-refractivity contribution >= 4 is 5.97 Å². The van der Waals surface area contributed by atoms with E-state index in [2.05, 4.69) is 5.16 Å². The molecule has 2 aromatic rings. The summed E-state index contributed by atoms with van der Waals surface area (Å²) in [6.45, 7) is 1.55. The Kier molecular flexibility index (Phi) is 2.44. The molecule has 0 aliphatic rings. The highest BCUT2D eigenvalue weighted by Gasteiger charge is 2.19. The summed E-state index contributed by atoms with van der Waals surface area (Å²) in [5, 5.41) is 12.3. The van der Waals surface area contributed by atoms with Crippen LogP contribution in [-0.2, 0) is 0 Å². The molecule has 16 heavy (non-hydrogen) atoms. The first-order chi connectivity index (χ1) is 7.61. The first kappa shape index (κ1) is 10.4. The van der Waals surface area contributed by atoms with E-state index < -0.39 is 11.8 Å². The molecule has 1 heterocycles. The highest BCUT2D eigenvalue weighted by molar-refractivity contribution is 5.94. The Hall–Kier alpha value is -2.17.